The van der Waals surface area contributed by atoms with Gasteiger partial charge >= 0.3 is 0 Å². The van der Waals surface area contributed by atoms with Gasteiger partial charge in [-0.05, 0) is 75.4 Å². The molecule has 2 saturated heterocycles. The number of carbonyl (C=O) groups excluding carboxylic acids is 3. The zero-order valence-electron chi connectivity index (χ0n) is 27.6. The van der Waals surface area contributed by atoms with Crippen molar-refractivity contribution < 1.29 is 36.3 Å². The first-order valence-electron chi connectivity index (χ1n) is 16.7. The van der Waals surface area contributed by atoms with Gasteiger partial charge in [-0.2, -0.15) is 0 Å². The van der Waals surface area contributed by atoms with Crippen molar-refractivity contribution in [1.29, 1.82) is 0 Å². The van der Waals surface area contributed by atoms with E-state index in [0.717, 1.165) is 32.2 Å². The quantitative estimate of drug-likeness (QED) is 0.198. The smallest absolute Gasteiger partial charge is 0.266 e. The summed E-state index contributed by atoms with van der Waals surface area (Å²) in [5.41, 5.74) is 1.19. The zero-order chi connectivity index (χ0) is 35.1. The van der Waals surface area contributed by atoms with Crippen LogP contribution in [-0.2, 0) is 31.0 Å². The van der Waals surface area contributed by atoms with Gasteiger partial charge in [-0.1, -0.05) is 43.1 Å². The number of sulfonamides is 1. The average molecular weight is 720 g/mol. The number of aromatic nitrogens is 1. The normalized spacial score (nSPS) is 20.0. The third kappa shape index (κ3) is 9.85. The van der Waals surface area contributed by atoms with Crippen molar-refractivity contribution in [3.05, 3.63) is 64.8 Å². The van der Waals surface area contributed by atoms with Gasteiger partial charge in [0.15, 0.2) is 5.58 Å². The van der Waals surface area contributed by atoms with E-state index in [4.69, 9.17) is 20.8 Å². The molecule has 0 radical (unpaired) electrons. The summed E-state index contributed by atoms with van der Waals surface area (Å²) in [6.45, 7) is 3.39. The third-order valence-corrected chi connectivity index (χ3v) is 9.98. The average Bonchev–Trinajstić information content (AvgIpc) is 3.70. The van der Waals surface area contributed by atoms with Gasteiger partial charge in [0.1, 0.15) is 23.4 Å². The van der Waals surface area contributed by atoms with Crippen LogP contribution in [0.15, 0.2) is 46.9 Å². The van der Waals surface area contributed by atoms with Crippen molar-refractivity contribution in [2.45, 2.75) is 82.7 Å². The Labute approximate surface area is 290 Å². The van der Waals surface area contributed by atoms with E-state index in [2.05, 4.69) is 20.3 Å². The summed E-state index contributed by atoms with van der Waals surface area (Å²) < 4.78 is 53.5. The number of halogens is 2. The molecule has 3 aromatic rings. The van der Waals surface area contributed by atoms with Crippen LogP contribution in [-0.4, -0.2) is 86.0 Å². The van der Waals surface area contributed by atoms with E-state index in [-0.39, 0.29) is 48.9 Å². The van der Waals surface area contributed by atoms with Crippen molar-refractivity contribution >= 4 is 50.3 Å². The number of rotatable bonds is 15. The first-order chi connectivity index (χ1) is 23.4. The van der Waals surface area contributed by atoms with Crippen LogP contribution in [0.5, 0.6) is 0 Å². The maximum atomic E-state index is 14.5. The van der Waals surface area contributed by atoms with E-state index in [1.165, 1.54) is 23.1 Å². The topological polar surface area (TPSA) is 160 Å². The van der Waals surface area contributed by atoms with Gasteiger partial charge in [0.25, 0.3) is 5.89 Å². The third-order valence-electron chi connectivity index (χ3n) is 9.03. The molecule has 2 fully saturated rings. The van der Waals surface area contributed by atoms with Crippen LogP contribution in [0.2, 0.25) is 5.02 Å². The van der Waals surface area contributed by atoms with Gasteiger partial charge in [-0.15, -0.1) is 0 Å². The standard InChI is InChI=1S/C34H43ClFN5O7S/c1-3-6-27(31(42)33-39-26-7-4-5-8-30(26)48-33)38-32(43)29-18-24(47-20-22-10-11-23(35)17-25(22)36)19-41(29)34(44)28(40-49(2,45)46)12-9-21-13-15-37-16-14-21/h4-5,7-8,10-11,17,21,24,27-29,37,40H,3,6,9,12-16,18-20H2,1-2H3,(H,38,43)/t24-,27+,28-,29+/m1/s1. The van der Waals surface area contributed by atoms with Gasteiger partial charge in [0, 0.05) is 23.6 Å². The fraction of sp³-hybridized carbons (Fsp3) is 0.529. The molecule has 2 amide bonds. The van der Waals surface area contributed by atoms with Gasteiger partial charge < -0.3 is 24.7 Å². The second-order valence-corrected chi connectivity index (χ2v) is 15.0. The minimum Gasteiger partial charge on any atom is -0.434 e. The molecule has 2 aliphatic heterocycles. The van der Waals surface area contributed by atoms with Crippen molar-refractivity contribution in [2.75, 3.05) is 25.9 Å². The summed E-state index contributed by atoms with van der Waals surface area (Å²) in [4.78, 5) is 47.3. The monoisotopic (exact) mass is 719 g/mol. The van der Waals surface area contributed by atoms with Crippen LogP contribution in [0.1, 0.15) is 68.1 Å². The number of benzene rings is 2. The summed E-state index contributed by atoms with van der Waals surface area (Å²) in [7, 11) is -3.79. The Bertz CT molecular complexity index is 1720. The molecule has 4 atom stereocenters. The summed E-state index contributed by atoms with van der Waals surface area (Å²) >= 11 is 5.89. The highest BCUT2D eigenvalue weighted by molar-refractivity contribution is 7.88. The molecule has 1 aromatic heterocycles. The molecule has 2 aliphatic rings. The van der Waals surface area contributed by atoms with Gasteiger partial charge in [0.05, 0.1) is 25.0 Å². The SMILES string of the molecule is CCC[C@H](NC(=O)[C@@H]1C[C@@H](OCc2ccc(Cl)cc2F)CN1C(=O)[C@@H](CCC1CCNCC1)NS(C)(=O)=O)C(=O)c1nc2ccccc2o1. The lowest BCUT2D eigenvalue weighted by Crippen LogP contribution is -2.55. The van der Waals surface area contributed by atoms with Crippen LogP contribution in [0.25, 0.3) is 11.1 Å². The number of amides is 2. The van der Waals surface area contributed by atoms with E-state index >= 15 is 0 Å². The first kappa shape index (κ1) is 36.8. The summed E-state index contributed by atoms with van der Waals surface area (Å²) in [6.07, 6.45) is 3.89. The number of nitrogens with zero attached hydrogens (tertiary/aromatic N) is 2. The van der Waals surface area contributed by atoms with Gasteiger partial charge in [-0.3, -0.25) is 14.4 Å². The van der Waals surface area contributed by atoms with Gasteiger partial charge in [-0.25, -0.2) is 22.5 Å². The minimum atomic E-state index is -3.79. The summed E-state index contributed by atoms with van der Waals surface area (Å²) in [5, 5.41) is 6.35. The zero-order valence-corrected chi connectivity index (χ0v) is 29.2. The Morgan fingerprint density at radius 1 is 1.14 bits per heavy atom. The van der Waals surface area contributed by atoms with E-state index in [1.54, 1.807) is 24.3 Å². The minimum absolute atomic E-state index is 0.0427. The number of nitrogens with one attached hydrogen (secondary N) is 3. The number of carbonyl (C=O) groups is 3. The van der Waals surface area contributed by atoms with Crippen LogP contribution in [0.4, 0.5) is 4.39 Å². The molecule has 5 rings (SSSR count). The number of hydrogen-bond donors (Lipinski definition) is 3. The Hall–Kier alpha value is -3.43. The lowest BCUT2D eigenvalue weighted by molar-refractivity contribution is -0.140. The molecule has 49 heavy (non-hydrogen) atoms. The number of fused-ring (bicyclic) bond motifs is 1. The van der Waals surface area contributed by atoms with Crippen molar-refractivity contribution in [3.8, 4) is 0 Å². The number of ether oxygens (including phenoxy) is 1. The van der Waals surface area contributed by atoms with E-state index in [1.807, 2.05) is 6.92 Å². The molecule has 0 spiro atoms. The Kier molecular flexibility index (Phi) is 12.4. The molecular formula is C34H43ClFN5O7S. The molecular weight excluding hydrogens is 677 g/mol. The predicted molar refractivity (Wildman–Crippen MR) is 182 cm³/mol. The first-order valence-corrected chi connectivity index (χ1v) is 18.9. The van der Waals surface area contributed by atoms with E-state index in [9.17, 15) is 27.2 Å². The van der Waals surface area contributed by atoms with E-state index in [0.29, 0.717) is 29.9 Å². The molecule has 0 aliphatic carbocycles. The van der Waals surface area contributed by atoms with Crippen LogP contribution in [0, 0.1) is 11.7 Å². The maximum Gasteiger partial charge on any atom is 0.266 e. The molecule has 15 heteroatoms. The molecule has 0 unspecified atom stereocenters. The Balaban J connectivity index is 1.37. The number of Topliss-reactive ketones (excluding diaryl/α,β-unsaturated/α-hetero) is 1. The highest BCUT2D eigenvalue weighted by Gasteiger charge is 2.44. The number of likely N-dealkylation sites (tertiary alicyclic amines) is 1. The highest BCUT2D eigenvalue weighted by atomic mass is 35.5. The predicted octanol–water partition coefficient (Wildman–Crippen LogP) is 3.97. The van der Waals surface area contributed by atoms with Crippen LogP contribution < -0.4 is 15.4 Å². The fourth-order valence-electron chi connectivity index (χ4n) is 6.47. The fourth-order valence-corrected chi connectivity index (χ4v) is 7.37. The number of hydrogen-bond acceptors (Lipinski definition) is 9. The number of para-hydroxylation sites is 2. The number of piperidine rings is 1. The number of oxazole rings is 1. The lowest BCUT2D eigenvalue weighted by Gasteiger charge is -2.30. The second kappa shape index (κ2) is 16.5. The summed E-state index contributed by atoms with van der Waals surface area (Å²) in [6, 6.07) is 7.96. The van der Waals surface area contributed by atoms with Crippen molar-refractivity contribution in [2.24, 2.45) is 5.92 Å². The molecule has 2 aromatic carbocycles. The van der Waals surface area contributed by atoms with Crippen LogP contribution >= 0.6 is 11.6 Å². The second-order valence-electron chi connectivity index (χ2n) is 12.8. The van der Waals surface area contributed by atoms with Crippen LogP contribution in [0.3, 0.4) is 0 Å². The van der Waals surface area contributed by atoms with Crippen molar-refractivity contribution in [3.63, 3.8) is 0 Å². The molecule has 12 nitrogen and oxygen atoms in total. The lowest BCUT2D eigenvalue weighted by atomic mass is 9.91. The largest absolute Gasteiger partial charge is 0.434 e. The number of ketones is 1. The molecule has 3 heterocycles. The van der Waals surface area contributed by atoms with Crippen molar-refractivity contribution in [1.82, 2.24) is 25.2 Å². The molecule has 3 N–H and O–H groups in total. The van der Waals surface area contributed by atoms with Gasteiger partial charge in [0.2, 0.25) is 27.6 Å². The maximum absolute atomic E-state index is 14.5. The summed E-state index contributed by atoms with van der Waals surface area (Å²) in [5.74, 6) is -2.04. The molecule has 0 bridgehead atoms. The molecule has 266 valence electrons. The van der Waals surface area contributed by atoms with E-state index < -0.39 is 57.7 Å². The Morgan fingerprint density at radius 3 is 2.59 bits per heavy atom. The highest BCUT2D eigenvalue weighted by Crippen LogP contribution is 2.27. The Morgan fingerprint density at radius 2 is 1.90 bits per heavy atom. The molecule has 0 saturated carbocycles.